The molecule has 4 rings (SSSR count). The van der Waals surface area contributed by atoms with Crippen molar-refractivity contribution in [3.63, 3.8) is 0 Å². The first-order chi connectivity index (χ1) is 15.8. The van der Waals surface area contributed by atoms with Gasteiger partial charge < -0.3 is 0 Å². The molecule has 0 radical (unpaired) electrons. The second-order valence-electron chi connectivity index (χ2n) is 7.22. The second-order valence-corrected chi connectivity index (χ2v) is 11.5. The second kappa shape index (κ2) is 10.4. The number of benzene rings is 3. The molecule has 4 aromatic rings. The highest BCUT2D eigenvalue weighted by molar-refractivity contribution is 7.98. The van der Waals surface area contributed by atoms with Crippen molar-refractivity contribution < 1.29 is 12.8 Å². The molecule has 0 aliphatic rings. The molecule has 0 saturated heterocycles. The van der Waals surface area contributed by atoms with Gasteiger partial charge in [-0.25, -0.2) is 17.5 Å². The molecule has 0 spiro atoms. The normalized spacial score (nSPS) is 11.8. The van der Waals surface area contributed by atoms with Crippen LogP contribution >= 0.6 is 34.7 Å². The number of nitrogens with zero attached hydrogens (tertiary/aromatic N) is 1. The molecule has 1 aromatic heterocycles. The van der Waals surface area contributed by atoms with Crippen LogP contribution in [0.3, 0.4) is 0 Å². The predicted molar refractivity (Wildman–Crippen MR) is 134 cm³/mol. The van der Waals surface area contributed by atoms with E-state index >= 15 is 0 Å². The molecule has 10 heteroatoms. The number of thiazole rings is 1. The number of fused-ring (bicyclic) bond motifs is 1. The summed E-state index contributed by atoms with van der Waals surface area (Å²) in [6, 6.07) is 18.5. The summed E-state index contributed by atoms with van der Waals surface area (Å²) in [7, 11) is -3.74. The van der Waals surface area contributed by atoms with Crippen LogP contribution in [-0.2, 0) is 22.3 Å². The van der Waals surface area contributed by atoms with E-state index in [9.17, 15) is 17.6 Å². The molecular weight excluding hydrogens is 503 g/mol. The van der Waals surface area contributed by atoms with Gasteiger partial charge in [-0.15, -0.1) is 0 Å². The Bertz CT molecular complexity index is 1450. The molecule has 0 aliphatic carbocycles. The van der Waals surface area contributed by atoms with Crippen molar-refractivity contribution in [2.24, 2.45) is 0 Å². The van der Waals surface area contributed by atoms with E-state index in [1.54, 1.807) is 34.9 Å². The zero-order valence-electron chi connectivity index (χ0n) is 17.3. The van der Waals surface area contributed by atoms with Gasteiger partial charge in [-0.1, -0.05) is 59.3 Å². The van der Waals surface area contributed by atoms with Gasteiger partial charge in [0.05, 0.1) is 21.7 Å². The molecule has 0 atom stereocenters. The van der Waals surface area contributed by atoms with E-state index in [4.69, 9.17) is 11.6 Å². The number of nitrogens with one attached hydrogen (secondary N) is 1. The molecular formula is C23H20ClFN2O3S3. The summed E-state index contributed by atoms with van der Waals surface area (Å²) in [6.45, 7) is 0.519. The quantitative estimate of drug-likeness (QED) is 0.310. The molecule has 0 fully saturated rings. The minimum atomic E-state index is -3.74. The third kappa shape index (κ3) is 5.67. The molecule has 0 amide bonds. The Kier molecular flexibility index (Phi) is 7.55. The summed E-state index contributed by atoms with van der Waals surface area (Å²) in [6.07, 6.45) is 0. The Labute approximate surface area is 204 Å². The standard InChI is InChI=1S/C23H20ClFN2O3S3/c24-19-7-3-1-5-16(19)14-27-21-10-9-18(13-22(21)32-23(27)28)33(29,30)26-11-12-31-15-17-6-2-4-8-20(17)25/h1-10,13,26H,11-12,14-15H2. The van der Waals surface area contributed by atoms with E-state index in [0.717, 1.165) is 16.9 Å². The lowest BCUT2D eigenvalue weighted by Gasteiger charge is -2.09. The van der Waals surface area contributed by atoms with Crippen molar-refractivity contribution in [1.29, 1.82) is 0 Å². The molecule has 0 aliphatic heterocycles. The molecule has 5 nitrogen and oxygen atoms in total. The van der Waals surface area contributed by atoms with E-state index in [0.29, 0.717) is 38.9 Å². The topological polar surface area (TPSA) is 68.2 Å². The van der Waals surface area contributed by atoms with E-state index < -0.39 is 10.0 Å². The van der Waals surface area contributed by atoms with Crippen LogP contribution in [0.5, 0.6) is 0 Å². The van der Waals surface area contributed by atoms with Crippen LogP contribution in [0.15, 0.2) is 76.4 Å². The number of thioether (sulfide) groups is 1. The first-order valence-corrected chi connectivity index (χ1v) is 13.9. The third-order valence-electron chi connectivity index (χ3n) is 4.99. The number of sulfonamides is 1. The van der Waals surface area contributed by atoms with Gasteiger partial charge >= 0.3 is 4.87 Å². The number of rotatable bonds is 9. The largest absolute Gasteiger partial charge is 0.308 e. The van der Waals surface area contributed by atoms with Crippen molar-refractivity contribution in [1.82, 2.24) is 9.29 Å². The molecule has 1 heterocycles. The maximum Gasteiger partial charge on any atom is 0.308 e. The van der Waals surface area contributed by atoms with Gasteiger partial charge in [0.15, 0.2) is 0 Å². The smallest absolute Gasteiger partial charge is 0.294 e. The van der Waals surface area contributed by atoms with Crippen molar-refractivity contribution >= 4 is 54.9 Å². The summed E-state index contributed by atoms with van der Waals surface area (Å²) in [4.78, 5) is 12.5. The first-order valence-electron chi connectivity index (χ1n) is 10.0. The number of halogens is 2. The monoisotopic (exact) mass is 522 g/mol. The summed E-state index contributed by atoms with van der Waals surface area (Å²) in [5.41, 5.74) is 2.06. The maximum absolute atomic E-state index is 13.7. The molecule has 172 valence electrons. The zero-order chi connectivity index (χ0) is 23.4. The lowest BCUT2D eigenvalue weighted by Crippen LogP contribution is -2.26. The van der Waals surface area contributed by atoms with Gasteiger partial charge in [0.1, 0.15) is 5.82 Å². The Morgan fingerprint density at radius 3 is 2.52 bits per heavy atom. The zero-order valence-corrected chi connectivity index (χ0v) is 20.5. The van der Waals surface area contributed by atoms with Crippen LogP contribution < -0.4 is 9.60 Å². The highest BCUT2D eigenvalue weighted by atomic mass is 35.5. The highest BCUT2D eigenvalue weighted by Crippen LogP contribution is 2.24. The molecule has 0 unspecified atom stereocenters. The molecule has 3 aromatic carbocycles. The van der Waals surface area contributed by atoms with Gasteiger partial charge in [0.25, 0.3) is 0 Å². The van der Waals surface area contributed by atoms with Crippen LogP contribution in [0.2, 0.25) is 5.02 Å². The van der Waals surface area contributed by atoms with Crippen LogP contribution in [0.4, 0.5) is 4.39 Å². The lowest BCUT2D eigenvalue weighted by molar-refractivity contribution is 0.584. The fourth-order valence-corrected chi connectivity index (χ4v) is 6.52. The minimum Gasteiger partial charge on any atom is -0.294 e. The summed E-state index contributed by atoms with van der Waals surface area (Å²) >= 11 is 8.67. The van der Waals surface area contributed by atoms with Crippen molar-refractivity contribution in [3.05, 3.63) is 98.4 Å². The Balaban J connectivity index is 1.43. The van der Waals surface area contributed by atoms with Crippen LogP contribution in [0.25, 0.3) is 10.2 Å². The maximum atomic E-state index is 13.7. The van der Waals surface area contributed by atoms with Crippen molar-refractivity contribution in [2.75, 3.05) is 12.3 Å². The van der Waals surface area contributed by atoms with Crippen LogP contribution in [0, 0.1) is 5.82 Å². The summed E-state index contributed by atoms with van der Waals surface area (Å²) < 4.78 is 43.8. The predicted octanol–water partition coefficient (Wildman–Crippen LogP) is 5.12. The van der Waals surface area contributed by atoms with Gasteiger partial charge in [-0.2, -0.15) is 11.8 Å². The third-order valence-corrected chi connectivity index (χ3v) is 8.77. The fraction of sp³-hybridized carbons (Fsp3) is 0.174. The van der Waals surface area contributed by atoms with Crippen LogP contribution in [-0.4, -0.2) is 25.3 Å². The van der Waals surface area contributed by atoms with Gasteiger partial charge in [0.2, 0.25) is 10.0 Å². The summed E-state index contributed by atoms with van der Waals surface area (Å²) in [5, 5.41) is 0.569. The van der Waals surface area contributed by atoms with Crippen LogP contribution in [0.1, 0.15) is 11.1 Å². The fourth-order valence-electron chi connectivity index (χ4n) is 3.29. The highest BCUT2D eigenvalue weighted by Gasteiger charge is 2.17. The van der Waals surface area contributed by atoms with Crippen molar-refractivity contribution in [3.8, 4) is 0 Å². The first kappa shape index (κ1) is 24.0. The minimum absolute atomic E-state index is 0.0975. The van der Waals surface area contributed by atoms with Gasteiger partial charge in [0, 0.05) is 23.1 Å². The number of aromatic nitrogens is 1. The van der Waals surface area contributed by atoms with Gasteiger partial charge in [-0.05, 0) is 41.5 Å². The van der Waals surface area contributed by atoms with E-state index in [2.05, 4.69) is 4.72 Å². The number of hydrogen-bond acceptors (Lipinski definition) is 5. The molecule has 33 heavy (non-hydrogen) atoms. The SMILES string of the molecule is O=c1sc2cc(S(=O)(=O)NCCSCc3ccccc3F)ccc2n1Cc1ccccc1Cl. The van der Waals surface area contributed by atoms with Crippen molar-refractivity contribution in [2.45, 2.75) is 17.2 Å². The molecule has 0 saturated carbocycles. The lowest BCUT2D eigenvalue weighted by atomic mass is 10.2. The summed E-state index contributed by atoms with van der Waals surface area (Å²) in [5.74, 6) is 0.698. The van der Waals surface area contributed by atoms with E-state index in [1.165, 1.54) is 30.0 Å². The number of hydrogen-bond donors (Lipinski definition) is 1. The molecule has 0 bridgehead atoms. The van der Waals surface area contributed by atoms with E-state index in [1.807, 2.05) is 18.2 Å². The average molecular weight is 523 g/mol. The Hall–Kier alpha value is -2.17. The molecule has 1 N–H and O–H groups in total. The van der Waals surface area contributed by atoms with E-state index in [-0.39, 0.29) is 22.1 Å². The Morgan fingerprint density at radius 1 is 1.03 bits per heavy atom. The van der Waals surface area contributed by atoms with Gasteiger partial charge in [-0.3, -0.25) is 9.36 Å². The average Bonchev–Trinajstić information content (AvgIpc) is 3.10. The Morgan fingerprint density at radius 2 is 1.76 bits per heavy atom.